The van der Waals surface area contributed by atoms with Crippen LogP contribution in [0.15, 0.2) is 0 Å². The van der Waals surface area contributed by atoms with Crippen LogP contribution in [0.3, 0.4) is 0 Å². The Bertz CT molecular complexity index is 374. The summed E-state index contributed by atoms with van der Waals surface area (Å²) in [6, 6.07) is 0. The van der Waals surface area contributed by atoms with E-state index in [4.69, 9.17) is 19.5 Å². The summed E-state index contributed by atoms with van der Waals surface area (Å²) in [7, 11) is -4.86. The molecule has 10 heteroatoms. The second kappa shape index (κ2) is 7.97. The Balaban J connectivity index is 4.09. The summed E-state index contributed by atoms with van der Waals surface area (Å²) < 4.78 is 39.1. The molecule has 9 nitrogen and oxygen atoms in total. The molecule has 0 amide bonds. The van der Waals surface area contributed by atoms with E-state index in [9.17, 15) is 18.0 Å². The van der Waals surface area contributed by atoms with E-state index in [-0.39, 0.29) is 26.4 Å². The maximum absolute atomic E-state index is 11.1. The molecule has 0 rings (SSSR count). The highest BCUT2D eigenvalue weighted by molar-refractivity contribution is 7.87. The fourth-order valence-electron chi connectivity index (χ4n) is 0.911. The maximum Gasteiger partial charge on any atom is 0.325 e. The first-order valence-electron chi connectivity index (χ1n) is 4.82. The predicted molar refractivity (Wildman–Crippen MR) is 56.5 cm³/mol. The predicted octanol–water partition coefficient (Wildman–Crippen LogP) is -1.73. The second-order valence-corrected chi connectivity index (χ2v) is 4.70. The summed E-state index contributed by atoms with van der Waals surface area (Å²) in [6.45, 7) is -0.370. The van der Waals surface area contributed by atoms with Gasteiger partial charge in [0.05, 0.1) is 26.2 Å². The lowest BCUT2D eigenvalue weighted by Crippen LogP contribution is -2.32. The lowest BCUT2D eigenvalue weighted by atomic mass is 10.3. The summed E-state index contributed by atoms with van der Waals surface area (Å²) in [6.07, 6.45) is -0.992. The summed E-state index contributed by atoms with van der Waals surface area (Å²) >= 11 is 0. The number of hydrogen-bond acceptors (Lipinski definition) is 7. The van der Waals surface area contributed by atoms with E-state index in [1.165, 1.54) is 0 Å². The maximum atomic E-state index is 11.1. The third-order valence-corrected chi connectivity index (χ3v) is 2.80. The molecule has 0 saturated carbocycles. The van der Waals surface area contributed by atoms with Crippen molar-refractivity contribution < 1.29 is 42.2 Å². The van der Waals surface area contributed by atoms with Gasteiger partial charge in [-0.25, -0.2) is 0 Å². The van der Waals surface area contributed by atoms with E-state index in [1.54, 1.807) is 0 Å². The molecule has 0 aromatic carbocycles. The molecule has 18 heavy (non-hydrogen) atoms. The molecule has 0 spiro atoms. The minimum absolute atomic E-state index is 0.0179. The first-order chi connectivity index (χ1) is 8.29. The Morgan fingerprint density at radius 3 is 2.22 bits per heavy atom. The van der Waals surface area contributed by atoms with E-state index < -0.39 is 33.7 Å². The number of aliphatic hydroxyl groups is 1. The van der Waals surface area contributed by atoms with Gasteiger partial charge in [-0.3, -0.25) is 14.1 Å². The second-order valence-electron chi connectivity index (χ2n) is 3.10. The first-order valence-corrected chi connectivity index (χ1v) is 6.32. The van der Waals surface area contributed by atoms with E-state index in [0.717, 1.165) is 0 Å². The molecule has 0 aromatic heterocycles. The molecule has 0 heterocycles. The van der Waals surface area contributed by atoms with Gasteiger partial charge in [-0.2, -0.15) is 8.42 Å². The molecular formula is C8H14O9S. The molecule has 1 unspecified atom stereocenters. The molecule has 1 atom stereocenters. The zero-order chi connectivity index (χ0) is 14.2. The summed E-state index contributed by atoms with van der Waals surface area (Å²) in [4.78, 5) is 21.6. The first kappa shape index (κ1) is 16.8. The topological polar surface area (TPSA) is 147 Å². The number of carbonyl (C=O) groups excluding carboxylic acids is 1. The molecule has 0 bridgehead atoms. The van der Waals surface area contributed by atoms with Gasteiger partial charge in [-0.15, -0.1) is 0 Å². The quantitative estimate of drug-likeness (QED) is 0.255. The SMILES string of the molecule is O=C(CC(C(=O)O)S(=O)(=O)O)OCCOCCO. The monoisotopic (exact) mass is 286 g/mol. The molecule has 0 radical (unpaired) electrons. The lowest BCUT2D eigenvalue weighted by Gasteiger charge is -2.09. The van der Waals surface area contributed by atoms with Crippen molar-refractivity contribution in [2.75, 3.05) is 26.4 Å². The highest BCUT2D eigenvalue weighted by Gasteiger charge is 2.33. The van der Waals surface area contributed by atoms with Gasteiger partial charge in [0.15, 0.2) is 5.25 Å². The van der Waals surface area contributed by atoms with Crippen molar-refractivity contribution in [3.8, 4) is 0 Å². The van der Waals surface area contributed by atoms with Crippen LogP contribution in [0.4, 0.5) is 0 Å². The van der Waals surface area contributed by atoms with Crippen molar-refractivity contribution >= 4 is 22.1 Å². The van der Waals surface area contributed by atoms with Gasteiger partial charge in [-0.05, 0) is 0 Å². The number of carboxylic acid groups (broad SMARTS) is 1. The van der Waals surface area contributed by atoms with Gasteiger partial charge in [0, 0.05) is 0 Å². The number of hydrogen-bond donors (Lipinski definition) is 3. The van der Waals surface area contributed by atoms with E-state index in [0.29, 0.717) is 0 Å². The number of ether oxygens (including phenoxy) is 2. The molecule has 106 valence electrons. The number of carbonyl (C=O) groups is 2. The molecule has 0 fully saturated rings. The van der Waals surface area contributed by atoms with Crippen LogP contribution in [0.5, 0.6) is 0 Å². The Morgan fingerprint density at radius 2 is 1.78 bits per heavy atom. The third-order valence-electron chi connectivity index (χ3n) is 1.71. The van der Waals surface area contributed by atoms with Crippen LogP contribution in [0.2, 0.25) is 0 Å². The van der Waals surface area contributed by atoms with Crippen molar-refractivity contribution in [3.05, 3.63) is 0 Å². The highest BCUT2D eigenvalue weighted by atomic mass is 32.2. The molecule has 0 aliphatic heterocycles. The fraction of sp³-hybridized carbons (Fsp3) is 0.750. The Hall–Kier alpha value is -1.23. The van der Waals surface area contributed by atoms with Crippen molar-refractivity contribution in [3.63, 3.8) is 0 Å². The van der Waals surface area contributed by atoms with Crippen molar-refractivity contribution in [1.82, 2.24) is 0 Å². The van der Waals surface area contributed by atoms with Gasteiger partial charge in [0.1, 0.15) is 6.61 Å². The van der Waals surface area contributed by atoms with Crippen LogP contribution in [-0.4, -0.2) is 66.8 Å². The molecule has 0 aromatic rings. The largest absolute Gasteiger partial charge is 0.480 e. The van der Waals surface area contributed by atoms with E-state index in [1.807, 2.05) is 0 Å². The van der Waals surface area contributed by atoms with Crippen LogP contribution < -0.4 is 0 Å². The lowest BCUT2D eigenvalue weighted by molar-refractivity contribution is -0.148. The van der Waals surface area contributed by atoms with Gasteiger partial charge in [0.2, 0.25) is 0 Å². The average molecular weight is 286 g/mol. The van der Waals surface area contributed by atoms with E-state index in [2.05, 4.69) is 4.74 Å². The van der Waals surface area contributed by atoms with Crippen LogP contribution in [0.1, 0.15) is 6.42 Å². The van der Waals surface area contributed by atoms with Gasteiger partial charge in [0.25, 0.3) is 10.1 Å². The van der Waals surface area contributed by atoms with Gasteiger partial charge in [-0.1, -0.05) is 0 Å². The zero-order valence-electron chi connectivity index (χ0n) is 9.31. The molecular weight excluding hydrogens is 272 g/mol. The number of rotatable bonds is 9. The Morgan fingerprint density at radius 1 is 1.17 bits per heavy atom. The standard InChI is InChI=1S/C8H14O9S/c9-1-2-16-3-4-17-7(10)5-6(8(11)12)18(13,14)15/h6,9H,1-5H2,(H,11,12)(H,13,14,15). The molecule has 0 saturated heterocycles. The zero-order valence-corrected chi connectivity index (χ0v) is 10.1. The number of esters is 1. The number of carboxylic acids is 1. The van der Waals surface area contributed by atoms with Gasteiger partial charge < -0.3 is 19.7 Å². The van der Waals surface area contributed by atoms with Crippen LogP contribution in [0.25, 0.3) is 0 Å². The molecule has 0 aliphatic rings. The molecule has 0 aliphatic carbocycles. The summed E-state index contributed by atoms with van der Waals surface area (Å²) in [5, 5.41) is 14.6. The van der Waals surface area contributed by atoms with Crippen molar-refractivity contribution in [2.24, 2.45) is 0 Å². The number of aliphatic hydroxyl groups excluding tert-OH is 1. The van der Waals surface area contributed by atoms with Crippen LogP contribution in [0, 0.1) is 0 Å². The fourth-order valence-corrected chi connectivity index (χ4v) is 1.51. The third kappa shape index (κ3) is 7.17. The highest BCUT2D eigenvalue weighted by Crippen LogP contribution is 2.06. The minimum atomic E-state index is -4.86. The Kier molecular flexibility index (Phi) is 7.43. The average Bonchev–Trinajstić information content (AvgIpc) is 2.23. The van der Waals surface area contributed by atoms with Gasteiger partial charge >= 0.3 is 11.9 Å². The van der Waals surface area contributed by atoms with Crippen LogP contribution >= 0.6 is 0 Å². The number of aliphatic carboxylic acids is 1. The normalized spacial score (nSPS) is 13.0. The van der Waals surface area contributed by atoms with Crippen molar-refractivity contribution in [2.45, 2.75) is 11.7 Å². The summed E-state index contributed by atoms with van der Waals surface area (Å²) in [5.74, 6) is -2.93. The van der Waals surface area contributed by atoms with E-state index >= 15 is 0 Å². The van der Waals surface area contributed by atoms with Crippen molar-refractivity contribution in [1.29, 1.82) is 0 Å². The Labute approximate surface area is 103 Å². The van der Waals surface area contributed by atoms with Crippen LogP contribution in [-0.2, 0) is 29.2 Å². The minimum Gasteiger partial charge on any atom is -0.480 e. The summed E-state index contributed by atoms with van der Waals surface area (Å²) in [5.41, 5.74) is 0. The molecule has 3 N–H and O–H groups in total. The smallest absolute Gasteiger partial charge is 0.325 e.